The predicted octanol–water partition coefficient (Wildman–Crippen LogP) is 3.79. The molecule has 0 aliphatic heterocycles. The second-order valence-corrected chi connectivity index (χ2v) is 4.28. The van der Waals surface area contributed by atoms with Gasteiger partial charge in [-0.05, 0) is 6.42 Å². The average Bonchev–Trinajstić information content (AvgIpc) is 2.15. The average molecular weight is 280 g/mol. The second-order valence-electron chi connectivity index (χ2n) is 3.55. The number of rotatable bonds is 10. The van der Waals surface area contributed by atoms with Gasteiger partial charge in [-0.25, -0.2) is 0 Å². The zero-order chi connectivity index (χ0) is 10.6. The molecule has 94 valence electrons. The van der Waals surface area contributed by atoms with Gasteiger partial charge in [0.25, 0.3) is 0 Å². The van der Waals surface area contributed by atoms with E-state index in [4.69, 9.17) is 4.89 Å². The predicted molar refractivity (Wildman–Crippen MR) is 58.4 cm³/mol. The Morgan fingerprint density at radius 1 is 1.00 bits per heavy atom. The summed E-state index contributed by atoms with van der Waals surface area (Å²) in [7, 11) is -2.38. The zero-order valence-electron chi connectivity index (χ0n) is 9.39. The first-order chi connectivity index (χ1) is 6.77. The van der Waals surface area contributed by atoms with Gasteiger partial charge in [-0.1, -0.05) is 51.9 Å². The van der Waals surface area contributed by atoms with E-state index in [1.807, 2.05) is 0 Å². The summed E-state index contributed by atoms with van der Waals surface area (Å²) in [6, 6.07) is 0. The Balaban J connectivity index is 0. The van der Waals surface area contributed by atoms with Crippen LogP contribution in [0.2, 0.25) is 0 Å². The molecule has 0 fully saturated rings. The van der Waals surface area contributed by atoms with Gasteiger partial charge in [-0.15, -0.1) is 9.42 Å². The fourth-order valence-electron chi connectivity index (χ4n) is 1.38. The molecule has 0 aliphatic carbocycles. The van der Waals surface area contributed by atoms with Crippen molar-refractivity contribution < 1.29 is 30.5 Å². The summed E-state index contributed by atoms with van der Waals surface area (Å²) in [6.45, 7) is 2.63. The topological polar surface area (TPSA) is 46.5 Å². The molecule has 0 spiro atoms. The van der Waals surface area contributed by atoms with Crippen molar-refractivity contribution in [2.75, 3.05) is 6.61 Å². The van der Waals surface area contributed by atoms with Crippen LogP contribution < -0.4 is 0 Å². The molecule has 3 nitrogen and oxygen atoms in total. The van der Waals surface area contributed by atoms with Gasteiger partial charge in [0.2, 0.25) is 0 Å². The van der Waals surface area contributed by atoms with Crippen LogP contribution in [-0.4, -0.2) is 11.5 Å². The van der Waals surface area contributed by atoms with E-state index in [1.54, 1.807) is 0 Å². The van der Waals surface area contributed by atoms with E-state index in [2.05, 4.69) is 11.4 Å². The maximum absolute atomic E-state index is 10.1. The smallest absolute Gasteiger partial charge is 0.133 e. The van der Waals surface area contributed by atoms with Crippen molar-refractivity contribution in [2.24, 2.45) is 0 Å². The van der Waals surface area contributed by atoms with Crippen LogP contribution in [0.5, 0.6) is 0 Å². The summed E-state index contributed by atoms with van der Waals surface area (Å²) >= 11 is 0. The van der Waals surface area contributed by atoms with E-state index in [1.165, 1.54) is 38.5 Å². The van der Waals surface area contributed by atoms with Gasteiger partial charge in [-0.2, -0.15) is 0 Å². The van der Waals surface area contributed by atoms with Crippen molar-refractivity contribution in [1.82, 2.24) is 0 Å². The van der Waals surface area contributed by atoms with Crippen molar-refractivity contribution in [1.29, 1.82) is 0 Å². The van der Waals surface area contributed by atoms with Gasteiger partial charge in [0.15, 0.2) is 0 Å². The van der Waals surface area contributed by atoms with E-state index in [9.17, 15) is 4.57 Å². The first-order valence-electron chi connectivity index (χ1n) is 5.56. The van der Waals surface area contributed by atoms with Crippen LogP contribution in [0.1, 0.15) is 58.3 Å². The summed E-state index contributed by atoms with van der Waals surface area (Å²) < 4.78 is 14.7. The molecular formula is C10H22NiO3P+. The molecule has 5 heteroatoms. The van der Waals surface area contributed by atoms with Crippen molar-refractivity contribution >= 4 is 8.25 Å². The molecule has 0 radical (unpaired) electrons. The zero-order valence-corrected chi connectivity index (χ0v) is 11.3. The number of unbranched alkanes of at least 4 members (excludes halogenated alkanes) is 7. The third kappa shape index (κ3) is 17.1. The molecule has 0 heterocycles. The van der Waals surface area contributed by atoms with E-state index < -0.39 is 8.25 Å². The second kappa shape index (κ2) is 14.5. The molecule has 1 unspecified atom stereocenters. The van der Waals surface area contributed by atoms with E-state index in [-0.39, 0.29) is 16.5 Å². The largest absolute Gasteiger partial charge is 0.694 e. The third-order valence-electron chi connectivity index (χ3n) is 2.20. The summed E-state index contributed by atoms with van der Waals surface area (Å²) in [6.07, 6.45) is 9.80. The molecule has 1 atom stereocenters. The molecular weight excluding hydrogens is 258 g/mol. The van der Waals surface area contributed by atoms with Crippen LogP contribution in [0.3, 0.4) is 0 Å². The van der Waals surface area contributed by atoms with Gasteiger partial charge in [0.1, 0.15) is 6.61 Å². The summed E-state index contributed by atoms with van der Waals surface area (Å²) in [4.78, 5) is 8.34. The first kappa shape index (κ1) is 17.9. The van der Waals surface area contributed by atoms with Crippen molar-refractivity contribution in [2.45, 2.75) is 58.3 Å². The van der Waals surface area contributed by atoms with Crippen LogP contribution in [0, 0.1) is 0 Å². The monoisotopic (exact) mass is 279 g/mol. The molecule has 0 aromatic rings. The Kier molecular flexibility index (Phi) is 17.3. The van der Waals surface area contributed by atoms with Crippen LogP contribution >= 0.6 is 8.25 Å². The third-order valence-corrected chi connectivity index (χ3v) is 2.60. The van der Waals surface area contributed by atoms with Crippen molar-refractivity contribution in [3.8, 4) is 0 Å². The molecule has 0 saturated carbocycles. The Morgan fingerprint density at radius 3 is 1.93 bits per heavy atom. The summed E-state index contributed by atoms with van der Waals surface area (Å²) in [5, 5.41) is 0. The van der Waals surface area contributed by atoms with Gasteiger partial charge < -0.3 is 0 Å². The molecule has 0 aliphatic rings. The molecule has 0 aromatic carbocycles. The van der Waals surface area contributed by atoms with Gasteiger partial charge >= 0.3 is 8.25 Å². The minimum atomic E-state index is -2.38. The Labute approximate surface area is 104 Å². The minimum absolute atomic E-state index is 0. The van der Waals surface area contributed by atoms with Crippen molar-refractivity contribution in [3.05, 3.63) is 0 Å². The van der Waals surface area contributed by atoms with Gasteiger partial charge in [-0.3, -0.25) is 0 Å². The molecule has 1 N–H and O–H groups in total. The SMILES string of the molecule is CCCCCCCCCCO[P+](=O)O.[Ni]. The van der Waals surface area contributed by atoms with E-state index in [0.717, 1.165) is 12.8 Å². The molecule has 0 saturated heterocycles. The van der Waals surface area contributed by atoms with Gasteiger partial charge in [0.05, 0.1) is 0 Å². The molecule has 0 bridgehead atoms. The number of hydrogen-bond acceptors (Lipinski definition) is 2. The molecule has 0 aromatic heterocycles. The van der Waals surface area contributed by atoms with Crippen LogP contribution in [0.15, 0.2) is 0 Å². The van der Waals surface area contributed by atoms with Crippen molar-refractivity contribution in [3.63, 3.8) is 0 Å². The minimum Gasteiger partial charge on any atom is -0.133 e. The maximum atomic E-state index is 10.1. The van der Waals surface area contributed by atoms with E-state index >= 15 is 0 Å². The first-order valence-corrected chi connectivity index (χ1v) is 6.69. The standard InChI is InChI=1S/C10H21O3P.Ni/c1-2-3-4-5-6-7-8-9-10-13-14(11)12;/h2-10H2,1H3;/p+1. The van der Waals surface area contributed by atoms with Gasteiger partial charge in [0, 0.05) is 21.1 Å². The maximum Gasteiger partial charge on any atom is 0.694 e. The molecule has 0 amide bonds. The van der Waals surface area contributed by atoms with Crippen LogP contribution in [-0.2, 0) is 25.6 Å². The Hall–Kier alpha value is 0.514. The molecule has 15 heavy (non-hydrogen) atoms. The Morgan fingerprint density at radius 2 is 1.47 bits per heavy atom. The fourth-order valence-corrected chi connectivity index (χ4v) is 1.66. The Bertz CT molecular complexity index is 145. The van der Waals surface area contributed by atoms with Crippen LogP contribution in [0.4, 0.5) is 0 Å². The quantitative estimate of drug-likeness (QED) is 0.376. The van der Waals surface area contributed by atoms with E-state index in [0.29, 0.717) is 6.61 Å². The van der Waals surface area contributed by atoms with Crippen LogP contribution in [0.25, 0.3) is 0 Å². The summed E-state index contributed by atoms with van der Waals surface area (Å²) in [5.74, 6) is 0. The molecule has 0 rings (SSSR count). The summed E-state index contributed by atoms with van der Waals surface area (Å²) in [5.41, 5.74) is 0. The number of hydrogen-bond donors (Lipinski definition) is 1. The normalized spacial score (nSPS) is 10.9. The fraction of sp³-hybridized carbons (Fsp3) is 1.00.